The van der Waals surface area contributed by atoms with Crippen molar-refractivity contribution < 1.29 is 19.0 Å². The molecule has 0 unspecified atom stereocenters. The second-order valence-corrected chi connectivity index (χ2v) is 7.18. The van der Waals surface area contributed by atoms with E-state index in [0.717, 1.165) is 5.56 Å². The summed E-state index contributed by atoms with van der Waals surface area (Å²) >= 11 is 0. The number of carbonyl (C=O) groups is 1. The molecule has 27 heavy (non-hydrogen) atoms. The van der Waals surface area contributed by atoms with Crippen molar-refractivity contribution in [1.82, 2.24) is 4.90 Å². The average Bonchev–Trinajstić information content (AvgIpc) is 3.58. The second-order valence-electron chi connectivity index (χ2n) is 7.18. The Bertz CT molecular complexity index is 775. The first-order chi connectivity index (χ1) is 13.2. The van der Waals surface area contributed by atoms with Crippen LogP contribution in [0.4, 0.5) is 0 Å². The lowest BCUT2D eigenvalue weighted by Crippen LogP contribution is -2.49. The van der Waals surface area contributed by atoms with Crippen LogP contribution < -0.4 is 9.47 Å². The van der Waals surface area contributed by atoms with Crippen molar-refractivity contribution >= 4 is 5.91 Å². The topological polar surface area (TPSA) is 48.0 Å². The number of nitrogens with zero attached hydrogens (tertiary/aromatic N) is 1. The molecule has 2 fully saturated rings. The molecule has 4 rings (SSSR count). The molecule has 0 spiro atoms. The van der Waals surface area contributed by atoms with Gasteiger partial charge in [0.25, 0.3) is 5.91 Å². The minimum absolute atomic E-state index is 0.00676. The first kappa shape index (κ1) is 17.9. The van der Waals surface area contributed by atoms with Gasteiger partial charge in [0.2, 0.25) is 0 Å². The van der Waals surface area contributed by atoms with Gasteiger partial charge in [0.1, 0.15) is 17.6 Å². The Balaban J connectivity index is 1.41. The first-order valence-corrected chi connectivity index (χ1v) is 9.48. The van der Waals surface area contributed by atoms with Crippen LogP contribution in [0, 0.1) is 5.92 Å². The molecule has 1 saturated carbocycles. The fourth-order valence-corrected chi connectivity index (χ4v) is 3.50. The number of rotatable bonds is 6. The smallest absolute Gasteiger partial charge is 0.260 e. The highest BCUT2D eigenvalue weighted by Crippen LogP contribution is 2.39. The fourth-order valence-electron chi connectivity index (χ4n) is 3.50. The van der Waals surface area contributed by atoms with Gasteiger partial charge in [0.15, 0.2) is 6.61 Å². The van der Waals surface area contributed by atoms with Crippen molar-refractivity contribution in [3.8, 4) is 11.5 Å². The van der Waals surface area contributed by atoms with E-state index in [2.05, 4.69) is 12.1 Å². The van der Waals surface area contributed by atoms with Crippen LogP contribution in [-0.2, 0) is 9.53 Å². The van der Waals surface area contributed by atoms with Crippen molar-refractivity contribution in [3.05, 3.63) is 60.2 Å². The van der Waals surface area contributed by atoms with Crippen LogP contribution in [0.25, 0.3) is 0 Å². The van der Waals surface area contributed by atoms with Gasteiger partial charge in [-0.15, -0.1) is 0 Å². The molecule has 5 nitrogen and oxygen atoms in total. The van der Waals surface area contributed by atoms with Gasteiger partial charge in [-0.05, 0) is 36.5 Å². The normalized spacial score (nSPS) is 22.3. The Morgan fingerprint density at radius 1 is 1.07 bits per heavy atom. The molecule has 0 aromatic heterocycles. The number of amides is 1. The summed E-state index contributed by atoms with van der Waals surface area (Å²) in [5.41, 5.74) is 1.12. The predicted molar refractivity (Wildman–Crippen MR) is 102 cm³/mol. The second kappa shape index (κ2) is 8.01. The molecule has 2 atom stereocenters. The Morgan fingerprint density at radius 2 is 1.85 bits per heavy atom. The number of benzene rings is 2. The lowest BCUT2D eigenvalue weighted by atomic mass is 10.0. The molecule has 1 heterocycles. The van der Waals surface area contributed by atoms with Gasteiger partial charge in [-0.1, -0.05) is 36.4 Å². The maximum Gasteiger partial charge on any atom is 0.260 e. The summed E-state index contributed by atoms with van der Waals surface area (Å²) in [5, 5.41) is 0. The van der Waals surface area contributed by atoms with Gasteiger partial charge in [0.05, 0.1) is 19.8 Å². The van der Waals surface area contributed by atoms with Crippen molar-refractivity contribution in [1.29, 1.82) is 0 Å². The van der Waals surface area contributed by atoms with Crippen LogP contribution in [0.2, 0.25) is 0 Å². The van der Waals surface area contributed by atoms with Gasteiger partial charge in [-0.3, -0.25) is 4.79 Å². The third kappa shape index (κ3) is 4.42. The van der Waals surface area contributed by atoms with Crippen molar-refractivity contribution in [3.63, 3.8) is 0 Å². The molecule has 1 saturated heterocycles. The summed E-state index contributed by atoms with van der Waals surface area (Å²) in [4.78, 5) is 14.7. The monoisotopic (exact) mass is 367 g/mol. The first-order valence-electron chi connectivity index (χ1n) is 9.48. The van der Waals surface area contributed by atoms with E-state index < -0.39 is 0 Å². The highest BCUT2D eigenvalue weighted by Gasteiger charge is 2.40. The third-order valence-electron chi connectivity index (χ3n) is 5.20. The molecule has 1 amide bonds. The summed E-state index contributed by atoms with van der Waals surface area (Å²) < 4.78 is 17.2. The van der Waals surface area contributed by atoms with E-state index in [0.29, 0.717) is 30.5 Å². The van der Waals surface area contributed by atoms with Gasteiger partial charge in [-0.2, -0.15) is 0 Å². The van der Waals surface area contributed by atoms with E-state index in [1.54, 1.807) is 13.2 Å². The van der Waals surface area contributed by atoms with Crippen LogP contribution in [0.3, 0.4) is 0 Å². The zero-order valence-corrected chi connectivity index (χ0v) is 15.5. The summed E-state index contributed by atoms with van der Waals surface area (Å²) in [6.07, 6.45) is 2.42. The molecule has 2 aromatic rings. The van der Waals surface area contributed by atoms with E-state index in [9.17, 15) is 4.79 Å². The zero-order valence-electron chi connectivity index (χ0n) is 15.5. The van der Waals surface area contributed by atoms with Gasteiger partial charge >= 0.3 is 0 Å². The molecule has 142 valence electrons. The molecule has 1 aliphatic carbocycles. The van der Waals surface area contributed by atoms with E-state index in [-0.39, 0.29) is 24.7 Å². The van der Waals surface area contributed by atoms with Gasteiger partial charge < -0.3 is 19.1 Å². The number of carbonyl (C=O) groups excluding carboxylic acids is 1. The molecule has 1 aliphatic heterocycles. The minimum Gasteiger partial charge on any atom is -0.497 e. The number of methoxy groups -OCH3 is 1. The molecule has 0 bridgehead atoms. The summed E-state index contributed by atoms with van der Waals surface area (Å²) in [6, 6.07) is 17.5. The fraction of sp³-hybridized carbons (Fsp3) is 0.409. The number of morpholine rings is 1. The Kier molecular flexibility index (Phi) is 5.30. The van der Waals surface area contributed by atoms with E-state index in [4.69, 9.17) is 14.2 Å². The van der Waals surface area contributed by atoms with Crippen molar-refractivity contribution in [2.24, 2.45) is 5.92 Å². The Hall–Kier alpha value is -2.53. The largest absolute Gasteiger partial charge is 0.497 e. The zero-order chi connectivity index (χ0) is 18.6. The van der Waals surface area contributed by atoms with E-state index in [1.807, 2.05) is 41.3 Å². The van der Waals surface area contributed by atoms with Gasteiger partial charge in [-0.25, -0.2) is 0 Å². The number of hydrogen-bond donors (Lipinski definition) is 0. The van der Waals surface area contributed by atoms with Crippen LogP contribution in [-0.4, -0.2) is 43.7 Å². The molecule has 2 aromatic carbocycles. The van der Waals surface area contributed by atoms with Crippen LogP contribution in [0.1, 0.15) is 24.5 Å². The lowest BCUT2D eigenvalue weighted by molar-refractivity contribution is -0.150. The summed E-state index contributed by atoms with van der Waals surface area (Å²) in [5.74, 6) is 1.91. The SMILES string of the molecule is COc1cccc(OCC(=O)N2C[C@@H](c3ccccc3)O[C@@H](C3CC3)C2)c1. The van der Waals surface area contributed by atoms with Crippen molar-refractivity contribution in [2.75, 3.05) is 26.8 Å². The molecule has 0 N–H and O–H groups in total. The van der Waals surface area contributed by atoms with Crippen LogP contribution in [0.15, 0.2) is 54.6 Å². The number of ether oxygens (including phenoxy) is 3. The molecular formula is C22H25NO4. The standard InChI is InChI=1S/C22H25NO4/c1-25-18-8-5-9-19(12-18)26-15-22(24)23-13-20(16-6-3-2-4-7-16)27-21(14-23)17-10-11-17/h2-9,12,17,20-21H,10-11,13-15H2,1H3/t20-,21+/m0/s1. The quantitative estimate of drug-likeness (QED) is 0.785. The van der Waals surface area contributed by atoms with E-state index >= 15 is 0 Å². The highest BCUT2D eigenvalue weighted by atomic mass is 16.5. The van der Waals surface area contributed by atoms with Gasteiger partial charge in [0, 0.05) is 12.6 Å². The van der Waals surface area contributed by atoms with E-state index in [1.165, 1.54) is 12.8 Å². The summed E-state index contributed by atoms with van der Waals surface area (Å²) in [7, 11) is 1.61. The predicted octanol–water partition coefficient (Wildman–Crippen LogP) is 3.45. The lowest BCUT2D eigenvalue weighted by Gasteiger charge is -2.38. The molecule has 0 radical (unpaired) electrons. The highest BCUT2D eigenvalue weighted by molar-refractivity contribution is 5.78. The molecule has 2 aliphatic rings. The maximum atomic E-state index is 12.8. The van der Waals surface area contributed by atoms with Crippen molar-refractivity contribution in [2.45, 2.75) is 25.0 Å². The molecule has 5 heteroatoms. The third-order valence-corrected chi connectivity index (χ3v) is 5.20. The van der Waals surface area contributed by atoms with Crippen LogP contribution in [0.5, 0.6) is 11.5 Å². The Labute approximate surface area is 159 Å². The summed E-state index contributed by atoms with van der Waals surface area (Å²) in [6.45, 7) is 1.23. The molecular weight excluding hydrogens is 342 g/mol. The average molecular weight is 367 g/mol. The minimum atomic E-state index is -0.0775. The maximum absolute atomic E-state index is 12.8. The Morgan fingerprint density at radius 3 is 2.59 bits per heavy atom. The number of hydrogen-bond acceptors (Lipinski definition) is 4. The van der Waals surface area contributed by atoms with Crippen LogP contribution >= 0.6 is 0 Å².